The van der Waals surface area contributed by atoms with Crippen LogP contribution in [0.5, 0.6) is 0 Å². The monoisotopic (exact) mass is 225 g/mol. The van der Waals surface area contributed by atoms with E-state index in [1.165, 1.54) is 0 Å². The number of para-hydroxylation sites is 1. The highest BCUT2D eigenvalue weighted by Crippen LogP contribution is 2.24. The van der Waals surface area contributed by atoms with Gasteiger partial charge in [-0.1, -0.05) is 6.07 Å². The smallest absolute Gasteiger partial charge is 0.342 e. The number of carboxylic acids is 1. The van der Waals surface area contributed by atoms with Gasteiger partial charge in [-0.25, -0.2) is 9.78 Å². The van der Waals surface area contributed by atoms with Gasteiger partial charge in [0.1, 0.15) is 5.52 Å². The second kappa shape index (κ2) is 3.56. The van der Waals surface area contributed by atoms with Crippen molar-refractivity contribution in [2.24, 2.45) is 0 Å². The molecule has 0 amide bonds. The summed E-state index contributed by atoms with van der Waals surface area (Å²) in [5.74, 6) is -1.64. The quantitative estimate of drug-likeness (QED) is 0.669. The Morgan fingerprint density at radius 1 is 1.53 bits per heavy atom. The number of aliphatic hydroxyl groups excluding tert-OH is 1. The van der Waals surface area contributed by atoms with Crippen LogP contribution in [0.15, 0.2) is 27.5 Å². The molecule has 2 aromatic rings. The maximum absolute atomic E-state index is 10.5. The maximum atomic E-state index is 10.5. The number of aromatic nitrogens is 1. The van der Waals surface area contributed by atoms with Crippen LogP contribution in [0.4, 0.5) is 0 Å². The summed E-state index contributed by atoms with van der Waals surface area (Å²) in [5.41, 5.74) is 0.842. The number of oxazole rings is 1. The van der Waals surface area contributed by atoms with Crippen molar-refractivity contribution >= 4 is 29.7 Å². The van der Waals surface area contributed by atoms with Crippen molar-refractivity contribution < 1.29 is 19.4 Å². The van der Waals surface area contributed by atoms with Crippen LogP contribution >= 0.6 is 12.6 Å². The van der Waals surface area contributed by atoms with E-state index in [-0.39, 0.29) is 5.89 Å². The number of carboxylic acid groups (broad SMARTS) is 1. The molecule has 0 aliphatic rings. The molecule has 78 valence electrons. The van der Waals surface area contributed by atoms with Crippen LogP contribution in [0, 0.1) is 0 Å². The molecule has 0 spiro atoms. The van der Waals surface area contributed by atoms with E-state index in [1.54, 1.807) is 18.2 Å². The van der Waals surface area contributed by atoms with Gasteiger partial charge in [-0.2, -0.15) is 0 Å². The Kier molecular flexibility index (Phi) is 2.37. The van der Waals surface area contributed by atoms with Gasteiger partial charge in [0.2, 0.25) is 12.0 Å². The summed E-state index contributed by atoms with van der Waals surface area (Å²) >= 11 is 4.13. The van der Waals surface area contributed by atoms with Gasteiger partial charge in [-0.15, -0.1) is 12.6 Å². The molecule has 1 unspecified atom stereocenters. The van der Waals surface area contributed by atoms with Gasteiger partial charge < -0.3 is 14.6 Å². The number of rotatable bonds is 2. The van der Waals surface area contributed by atoms with E-state index in [9.17, 15) is 9.90 Å². The number of carbonyl (C=O) groups is 1. The number of aliphatic carboxylic acids is 1. The van der Waals surface area contributed by atoms with Gasteiger partial charge >= 0.3 is 5.97 Å². The van der Waals surface area contributed by atoms with Crippen molar-refractivity contribution in [3.8, 4) is 0 Å². The first-order chi connectivity index (χ1) is 7.09. The summed E-state index contributed by atoms with van der Waals surface area (Å²) in [4.78, 5) is 14.9. The minimum absolute atomic E-state index is 0.237. The van der Waals surface area contributed by atoms with Crippen LogP contribution < -0.4 is 0 Å². The van der Waals surface area contributed by atoms with Gasteiger partial charge in [-0.3, -0.25) is 0 Å². The minimum atomic E-state index is -1.75. The molecule has 0 bridgehead atoms. The molecule has 1 aromatic heterocycles. The summed E-state index contributed by atoms with van der Waals surface area (Å²) in [5, 5.41) is 17.8. The molecule has 0 saturated heterocycles. The SMILES string of the molecule is O=C(O)C(O)c1nc2c(S)cccc2o1. The van der Waals surface area contributed by atoms with Gasteiger partial charge in [0.15, 0.2) is 5.58 Å². The van der Waals surface area contributed by atoms with Crippen LogP contribution in [0.3, 0.4) is 0 Å². The van der Waals surface area contributed by atoms with Gasteiger partial charge in [0.05, 0.1) is 0 Å². The molecule has 6 heteroatoms. The second-order valence-corrected chi connectivity index (χ2v) is 3.40. The van der Waals surface area contributed by atoms with E-state index in [4.69, 9.17) is 9.52 Å². The van der Waals surface area contributed by atoms with Crippen molar-refractivity contribution in [2.75, 3.05) is 0 Å². The lowest BCUT2D eigenvalue weighted by Gasteiger charge is -1.96. The van der Waals surface area contributed by atoms with E-state index in [0.717, 1.165) is 0 Å². The predicted molar refractivity (Wildman–Crippen MR) is 53.9 cm³/mol. The third kappa shape index (κ3) is 1.69. The first-order valence-electron chi connectivity index (χ1n) is 4.09. The first-order valence-corrected chi connectivity index (χ1v) is 4.53. The summed E-state index contributed by atoms with van der Waals surface area (Å²) in [6.07, 6.45) is -1.75. The maximum Gasteiger partial charge on any atom is 0.342 e. The van der Waals surface area contributed by atoms with Crippen molar-refractivity contribution in [2.45, 2.75) is 11.0 Å². The molecule has 2 N–H and O–H groups in total. The average Bonchev–Trinajstić information content (AvgIpc) is 2.61. The fraction of sp³-hybridized carbons (Fsp3) is 0.111. The minimum Gasteiger partial charge on any atom is -0.479 e. The molecule has 5 nitrogen and oxygen atoms in total. The predicted octanol–water partition coefficient (Wildman–Crippen LogP) is 1.23. The van der Waals surface area contributed by atoms with Crippen LogP contribution in [0.2, 0.25) is 0 Å². The topological polar surface area (TPSA) is 83.6 Å². The summed E-state index contributed by atoms with van der Waals surface area (Å²) < 4.78 is 5.08. The molecule has 1 heterocycles. The van der Waals surface area contributed by atoms with Gasteiger partial charge in [0, 0.05) is 4.90 Å². The summed E-state index contributed by atoms with van der Waals surface area (Å²) in [6.45, 7) is 0. The molecule has 0 aliphatic carbocycles. The van der Waals surface area contributed by atoms with Gasteiger partial charge in [-0.05, 0) is 12.1 Å². The molecule has 0 fully saturated rings. The molecular formula is C9H7NO4S. The summed E-state index contributed by atoms with van der Waals surface area (Å²) in [6, 6.07) is 5.03. The second-order valence-electron chi connectivity index (χ2n) is 2.92. The Bertz CT molecular complexity index is 522. The highest BCUT2D eigenvalue weighted by Gasteiger charge is 2.22. The Hall–Kier alpha value is -1.53. The number of thiol groups is 1. The molecular weight excluding hydrogens is 218 g/mol. The standard InChI is InChI=1S/C9H7NO4S/c11-7(9(12)13)8-10-6-4(14-8)2-1-3-5(6)15/h1-3,7,11,15H,(H,12,13). The van der Waals surface area contributed by atoms with Crippen molar-refractivity contribution in [3.05, 3.63) is 24.1 Å². The Balaban J connectivity index is 2.56. The number of hydrogen-bond acceptors (Lipinski definition) is 5. The highest BCUT2D eigenvalue weighted by molar-refractivity contribution is 7.80. The fourth-order valence-electron chi connectivity index (χ4n) is 1.17. The average molecular weight is 225 g/mol. The normalized spacial score (nSPS) is 12.9. The number of hydrogen-bond donors (Lipinski definition) is 3. The lowest BCUT2D eigenvalue weighted by molar-refractivity contribution is -0.148. The van der Waals surface area contributed by atoms with Crippen molar-refractivity contribution in [3.63, 3.8) is 0 Å². The van der Waals surface area contributed by atoms with Crippen LogP contribution in [-0.2, 0) is 4.79 Å². The zero-order chi connectivity index (χ0) is 11.0. The van der Waals surface area contributed by atoms with Crippen LogP contribution in [0.25, 0.3) is 11.1 Å². The van der Waals surface area contributed by atoms with E-state index >= 15 is 0 Å². The summed E-state index contributed by atoms with van der Waals surface area (Å²) in [7, 11) is 0. The van der Waals surface area contributed by atoms with Crippen LogP contribution in [0.1, 0.15) is 12.0 Å². The molecule has 0 aliphatic heterocycles. The van der Waals surface area contributed by atoms with Crippen molar-refractivity contribution in [1.29, 1.82) is 0 Å². The Labute approximate surface area is 89.8 Å². The fourth-order valence-corrected chi connectivity index (χ4v) is 1.42. The number of nitrogens with zero attached hydrogens (tertiary/aromatic N) is 1. The molecule has 2 rings (SSSR count). The molecule has 15 heavy (non-hydrogen) atoms. The van der Waals surface area contributed by atoms with E-state index in [0.29, 0.717) is 16.0 Å². The van der Waals surface area contributed by atoms with E-state index < -0.39 is 12.1 Å². The van der Waals surface area contributed by atoms with Crippen molar-refractivity contribution in [1.82, 2.24) is 4.98 Å². The Morgan fingerprint density at radius 3 is 2.87 bits per heavy atom. The first kappa shape index (κ1) is 10.0. The third-order valence-electron chi connectivity index (χ3n) is 1.88. The molecule has 1 aromatic carbocycles. The highest BCUT2D eigenvalue weighted by atomic mass is 32.1. The molecule has 0 saturated carbocycles. The molecule has 1 atom stereocenters. The van der Waals surface area contributed by atoms with Crippen LogP contribution in [-0.4, -0.2) is 21.2 Å². The lowest BCUT2D eigenvalue weighted by atomic mass is 10.3. The zero-order valence-corrected chi connectivity index (χ0v) is 8.31. The van der Waals surface area contributed by atoms with Gasteiger partial charge in [0.25, 0.3) is 0 Å². The molecule has 0 radical (unpaired) electrons. The Morgan fingerprint density at radius 2 is 2.27 bits per heavy atom. The zero-order valence-electron chi connectivity index (χ0n) is 7.41. The van der Waals surface area contributed by atoms with E-state index in [1.807, 2.05) is 0 Å². The lowest BCUT2D eigenvalue weighted by Crippen LogP contribution is -2.10. The number of aliphatic hydroxyl groups is 1. The number of fused-ring (bicyclic) bond motifs is 1. The third-order valence-corrected chi connectivity index (χ3v) is 2.24. The van der Waals surface area contributed by atoms with E-state index in [2.05, 4.69) is 17.6 Å². The largest absolute Gasteiger partial charge is 0.479 e. The number of benzene rings is 1.